The van der Waals surface area contributed by atoms with Crippen molar-refractivity contribution < 1.29 is 21.9 Å². The monoisotopic (exact) mass is 610 g/mol. The summed E-state index contributed by atoms with van der Waals surface area (Å²) in [5.74, 6) is -0.216. The van der Waals surface area contributed by atoms with E-state index in [1.807, 2.05) is 0 Å². The van der Waals surface area contributed by atoms with Crippen molar-refractivity contribution in [2.45, 2.75) is 9.79 Å². The molecular weight excluding hydrogens is 596 g/mol. The Morgan fingerprint density at radius 3 is 1.61 bits per heavy atom. The van der Waals surface area contributed by atoms with Crippen molar-refractivity contribution in [1.82, 2.24) is 0 Å². The number of phenols is 1. The number of benzene rings is 4. The molecule has 170 valence electrons. The lowest BCUT2D eigenvalue weighted by Crippen LogP contribution is -2.20. The van der Waals surface area contributed by atoms with Gasteiger partial charge in [-0.1, -0.05) is 68.3 Å². The van der Waals surface area contributed by atoms with Crippen LogP contribution in [0.1, 0.15) is 0 Å². The number of primary sulfonamides is 2. The highest BCUT2D eigenvalue weighted by atomic mass is 79.9. The highest BCUT2D eigenvalue weighted by molar-refractivity contribution is 9.11. The lowest BCUT2D eigenvalue weighted by molar-refractivity contribution is 0.476. The van der Waals surface area contributed by atoms with Crippen LogP contribution in [0.2, 0.25) is 0 Å². The predicted molar refractivity (Wildman–Crippen MR) is 135 cm³/mol. The summed E-state index contributed by atoms with van der Waals surface area (Å²) in [6, 6.07) is 17.4. The van der Waals surface area contributed by atoms with Gasteiger partial charge in [-0.05, 0) is 46.8 Å². The first-order valence-corrected chi connectivity index (χ1v) is 14.0. The molecule has 0 aliphatic rings. The van der Waals surface area contributed by atoms with E-state index in [0.717, 1.165) is 0 Å². The van der Waals surface area contributed by atoms with Crippen molar-refractivity contribution in [3.05, 3.63) is 75.7 Å². The van der Waals surface area contributed by atoms with Crippen LogP contribution in [0.4, 0.5) is 0 Å². The second-order valence-electron chi connectivity index (χ2n) is 7.19. The zero-order chi connectivity index (χ0) is 24.1. The third-order valence-electron chi connectivity index (χ3n) is 5.05. The van der Waals surface area contributed by atoms with E-state index in [9.17, 15) is 21.9 Å². The van der Waals surface area contributed by atoms with Gasteiger partial charge in [0.25, 0.3) is 0 Å². The largest absolute Gasteiger partial charge is 0.508 e. The Kier molecular flexibility index (Phi) is 6.14. The van der Waals surface area contributed by atoms with Gasteiger partial charge in [-0.25, -0.2) is 27.1 Å². The molecule has 0 radical (unpaired) electrons. The van der Waals surface area contributed by atoms with Gasteiger partial charge in [-0.3, -0.25) is 0 Å². The van der Waals surface area contributed by atoms with Gasteiger partial charge in [0.1, 0.15) is 5.75 Å². The molecule has 0 spiro atoms. The maximum atomic E-state index is 13.1. The zero-order valence-electron chi connectivity index (χ0n) is 16.7. The van der Waals surface area contributed by atoms with Gasteiger partial charge < -0.3 is 5.11 Å². The maximum absolute atomic E-state index is 13.1. The summed E-state index contributed by atoms with van der Waals surface area (Å²) in [6.45, 7) is 0. The summed E-state index contributed by atoms with van der Waals surface area (Å²) < 4.78 is 53.0. The van der Waals surface area contributed by atoms with E-state index in [4.69, 9.17) is 10.3 Å². The summed E-state index contributed by atoms with van der Waals surface area (Å²) >= 11 is 6.83. The van der Waals surface area contributed by atoms with Crippen molar-refractivity contribution in [1.29, 1.82) is 0 Å². The van der Waals surface area contributed by atoms with E-state index in [1.165, 1.54) is 18.2 Å². The highest BCUT2D eigenvalue weighted by Gasteiger charge is 2.33. The van der Waals surface area contributed by atoms with Crippen molar-refractivity contribution in [2.75, 3.05) is 0 Å². The van der Waals surface area contributed by atoms with Crippen LogP contribution in [0.3, 0.4) is 0 Å². The molecule has 33 heavy (non-hydrogen) atoms. The molecule has 0 amide bonds. The minimum absolute atomic E-state index is 0.0569. The van der Waals surface area contributed by atoms with Crippen LogP contribution in [0, 0.1) is 0 Å². The first-order valence-electron chi connectivity index (χ1n) is 9.29. The van der Waals surface area contributed by atoms with Crippen LogP contribution in [0.15, 0.2) is 85.5 Å². The van der Waals surface area contributed by atoms with Gasteiger partial charge in [0.05, 0.1) is 9.79 Å². The van der Waals surface area contributed by atoms with Gasteiger partial charge in [-0.15, -0.1) is 0 Å². The summed E-state index contributed by atoms with van der Waals surface area (Å²) in [5, 5.41) is 21.8. The first kappa shape index (κ1) is 23.9. The van der Waals surface area contributed by atoms with E-state index in [0.29, 0.717) is 14.5 Å². The Balaban J connectivity index is 2.47. The third-order valence-corrected chi connectivity index (χ3v) is 8.41. The summed E-state index contributed by atoms with van der Waals surface area (Å²) in [4.78, 5) is -0.858. The topological polar surface area (TPSA) is 141 Å². The molecule has 7 nitrogen and oxygen atoms in total. The molecule has 0 aliphatic heterocycles. The van der Waals surface area contributed by atoms with Crippen LogP contribution >= 0.6 is 31.9 Å². The fraction of sp³-hybridized carbons (Fsp3) is 0. The van der Waals surface area contributed by atoms with Crippen molar-refractivity contribution in [3.8, 4) is 28.0 Å². The van der Waals surface area contributed by atoms with Crippen molar-refractivity contribution in [3.63, 3.8) is 0 Å². The molecule has 0 aromatic heterocycles. The number of rotatable bonds is 4. The molecule has 0 atom stereocenters. The minimum Gasteiger partial charge on any atom is -0.508 e. The van der Waals surface area contributed by atoms with E-state index in [2.05, 4.69) is 31.9 Å². The number of fused-ring (bicyclic) bond motifs is 1. The Labute approximate surface area is 207 Å². The summed E-state index contributed by atoms with van der Waals surface area (Å²) in [6.07, 6.45) is 0. The summed E-state index contributed by atoms with van der Waals surface area (Å²) in [7, 11) is -9.00. The Bertz CT molecular complexity index is 1650. The zero-order valence-corrected chi connectivity index (χ0v) is 21.5. The van der Waals surface area contributed by atoms with E-state index >= 15 is 0 Å². The number of phenolic OH excluding ortho intramolecular Hbond substituents is 1. The normalized spacial score (nSPS) is 12.2. The predicted octanol–water partition coefficient (Wildman–Crippen LogP) is 4.70. The maximum Gasteiger partial charge on any atom is 0.239 e. The molecule has 11 heteroatoms. The molecule has 0 bridgehead atoms. The molecule has 5 N–H and O–H groups in total. The van der Waals surface area contributed by atoms with Crippen LogP contribution < -0.4 is 10.3 Å². The molecule has 4 aromatic rings. The average Bonchev–Trinajstić information content (AvgIpc) is 2.71. The SMILES string of the molecule is NS(=O)(=O)c1c(-c2ccccc2Br)c(S(N)(=O)=O)c2cc(O)ccc2c1-c1ccccc1Br. The number of hydrogen-bond donors (Lipinski definition) is 3. The number of halogens is 2. The van der Waals surface area contributed by atoms with Crippen LogP contribution in [0.5, 0.6) is 5.75 Å². The molecule has 0 fully saturated rings. The van der Waals surface area contributed by atoms with E-state index in [-0.39, 0.29) is 33.2 Å². The molecule has 0 saturated carbocycles. The quantitative estimate of drug-likeness (QED) is 0.307. The van der Waals surface area contributed by atoms with Gasteiger partial charge in [0, 0.05) is 25.5 Å². The Morgan fingerprint density at radius 1 is 0.636 bits per heavy atom. The third kappa shape index (κ3) is 4.32. The lowest BCUT2D eigenvalue weighted by Gasteiger charge is -2.22. The molecule has 0 heterocycles. The number of sulfonamides is 2. The molecule has 4 aromatic carbocycles. The molecule has 4 rings (SSSR count). The van der Waals surface area contributed by atoms with Crippen LogP contribution in [-0.4, -0.2) is 21.9 Å². The fourth-order valence-corrected chi connectivity index (χ4v) is 6.85. The second kappa shape index (κ2) is 8.49. The number of aromatic hydroxyl groups is 1. The first-order chi connectivity index (χ1) is 15.4. The molecule has 0 aliphatic carbocycles. The smallest absolute Gasteiger partial charge is 0.239 e. The van der Waals surface area contributed by atoms with E-state index < -0.39 is 29.8 Å². The van der Waals surface area contributed by atoms with Gasteiger partial charge in [0.15, 0.2) is 0 Å². The fourth-order valence-electron chi connectivity index (χ4n) is 3.84. The lowest BCUT2D eigenvalue weighted by atomic mass is 9.92. The van der Waals surface area contributed by atoms with Gasteiger partial charge in [-0.2, -0.15) is 0 Å². The van der Waals surface area contributed by atoms with Crippen LogP contribution in [-0.2, 0) is 20.0 Å². The molecule has 0 unspecified atom stereocenters. The van der Waals surface area contributed by atoms with Crippen LogP contribution in [0.25, 0.3) is 33.0 Å². The number of hydrogen-bond acceptors (Lipinski definition) is 5. The summed E-state index contributed by atoms with van der Waals surface area (Å²) in [5.41, 5.74) is 0.713. The van der Waals surface area contributed by atoms with Gasteiger partial charge >= 0.3 is 0 Å². The molecule has 0 saturated heterocycles. The standard InChI is InChI=1S/C22H16Br2N2O5S2/c23-17-7-3-1-5-14(17)19-13-10-9-12(27)11-16(13)21(32(25,28)29)20(22(19)33(26,30)31)15-6-2-4-8-18(15)24/h1-11,27H,(H2,25,28,29)(H2,26,30,31). The van der Waals surface area contributed by atoms with Crippen molar-refractivity contribution in [2.24, 2.45) is 10.3 Å². The average molecular weight is 612 g/mol. The van der Waals surface area contributed by atoms with E-state index in [1.54, 1.807) is 48.5 Å². The second-order valence-corrected chi connectivity index (χ2v) is 11.9. The van der Waals surface area contributed by atoms with Crippen molar-refractivity contribution >= 4 is 62.7 Å². The van der Waals surface area contributed by atoms with Gasteiger partial charge in [0.2, 0.25) is 20.0 Å². The highest BCUT2D eigenvalue weighted by Crippen LogP contribution is 2.48. The Hall–Kier alpha value is -2.28. The Morgan fingerprint density at radius 2 is 1.12 bits per heavy atom. The number of nitrogens with two attached hydrogens (primary N) is 2. The molecular formula is C22H16Br2N2O5S2. The minimum atomic E-state index is -4.50.